The molecule has 0 unspecified atom stereocenters. The minimum Gasteiger partial charge on any atom is -0.457 e. The van der Waals surface area contributed by atoms with Crippen LogP contribution in [0.25, 0.3) is 72.1 Å². The molecule has 0 fully saturated rings. The van der Waals surface area contributed by atoms with E-state index in [0.29, 0.717) is 29.5 Å². The SMILES string of the molecule is [2H]C([2H])([2H])c1cc(-n2c3ccccc3c3ccc(Oc4cccc(N5CN(c6c(-c7cc(C(C)(C)C)cc(C(C)(C)C)c7)cccc6-c6ccc7c(c6)C6(c8ccccc8Oc8ccccc86)c6ccccc6-7)c6ccccc65)c4)cc32)ncc1-c1cccc(C(C)(C)C)c1. The van der Waals surface area contributed by atoms with Crippen LogP contribution in [0.1, 0.15) is 111 Å². The number of anilines is 4. The zero-order valence-corrected chi connectivity index (χ0v) is 53.6. The number of aromatic nitrogens is 2. The second-order valence-corrected chi connectivity index (χ2v) is 28.2. The number of hydrogen-bond donors (Lipinski definition) is 0. The number of rotatable bonds is 8. The van der Waals surface area contributed by atoms with Gasteiger partial charge < -0.3 is 19.3 Å². The van der Waals surface area contributed by atoms with E-state index in [9.17, 15) is 0 Å². The van der Waals surface area contributed by atoms with Crippen molar-refractivity contribution in [3.63, 3.8) is 0 Å². The number of fused-ring (bicyclic) bond motifs is 13. The first-order valence-corrected chi connectivity index (χ1v) is 32.1. The minimum absolute atomic E-state index is 0.114. The lowest BCUT2D eigenvalue weighted by molar-refractivity contribution is 0.436. The molecular weight excluding hydrogens is 1120 g/mol. The normalized spacial score (nSPS) is 14.5. The van der Waals surface area contributed by atoms with Crippen LogP contribution in [0.15, 0.2) is 255 Å². The van der Waals surface area contributed by atoms with Gasteiger partial charge in [-0.2, -0.15) is 0 Å². The van der Waals surface area contributed by atoms with Crippen LogP contribution in [0.3, 0.4) is 0 Å². The molecule has 450 valence electrons. The van der Waals surface area contributed by atoms with E-state index in [1.165, 1.54) is 38.9 Å². The number of aryl methyl sites for hydroxylation is 1. The summed E-state index contributed by atoms with van der Waals surface area (Å²) in [5.74, 6) is 3.54. The van der Waals surface area contributed by atoms with Crippen LogP contribution >= 0.6 is 0 Å². The second-order valence-electron chi connectivity index (χ2n) is 28.2. The number of nitrogens with zero attached hydrogens (tertiary/aromatic N) is 4. The Bertz CT molecular complexity index is 5190. The predicted octanol–water partition coefficient (Wildman–Crippen LogP) is 22.9. The lowest BCUT2D eigenvalue weighted by atomic mass is 9.66. The molecule has 1 spiro atoms. The molecule has 16 rings (SSSR count). The molecule has 2 aliphatic heterocycles. The predicted molar refractivity (Wildman–Crippen MR) is 382 cm³/mol. The molecule has 4 heterocycles. The highest BCUT2D eigenvalue weighted by Gasteiger charge is 2.51. The third kappa shape index (κ3) is 9.16. The Morgan fingerprint density at radius 2 is 1.00 bits per heavy atom. The van der Waals surface area contributed by atoms with E-state index in [2.05, 4.69) is 277 Å². The molecule has 0 bridgehead atoms. The van der Waals surface area contributed by atoms with E-state index >= 15 is 0 Å². The molecule has 13 aromatic rings. The molecule has 0 saturated heterocycles. The molecule has 11 aromatic carbocycles. The Kier molecular flexibility index (Phi) is 12.2. The number of hydrogen-bond acceptors (Lipinski definition) is 5. The Labute approximate surface area is 544 Å². The van der Waals surface area contributed by atoms with Crippen molar-refractivity contribution in [2.75, 3.05) is 16.5 Å². The number of pyridine rings is 1. The van der Waals surface area contributed by atoms with E-state index in [0.717, 1.165) is 95.0 Å². The molecule has 0 atom stereocenters. The van der Waals surface area contributed by atoms with Crippen LogP contribution in [0.2, 0.25) is 0 Å². The van der Waals surface area contributed by atoms with Crippen LogP contribution in [0.5, 0.6) is 23.0 Å². The summed E-state index contributed by atoms with van der Waals surface area (Å²) in [6, 6.07) is 88.9. The van der Waals surface area contributed by atoms with E-state index in [1.54, 1.807) is 12.3 Å². The van der Waals surface area contributed by atoms with Gasteiger partial charge in [-0.25, -0.2) is 4.98 Å². The van der Waals surface area contributed by atoms with E-state index < -0.39 is 12.3 Å². The maximum atomic E-state index is 8.84. The molecule has 0 amide bonds. The van der Waals surface area contributed by atoms with Crippen LogP contribution in [0, 0.1) is 6.85 Å². The van der Waals surface area contributed by atoms with Gasteiger partial charge in [0.1, 0.15) is 35.5 Å². The van der Waals surface area contributed by atoms with Gasteiger partial charge in [0.05, 0.1) is 33.5 Å². The fourth-order valence-electron chi connectivity index (χ4n) is 14.7. The summed E-state index contributed by atoms with van der Waals surface area (Å²) in [5, 5.41) is 2.02. The van der Waals surface area contributed by atoms with Gasteiger partial charge in [0, 0.05) is 66.7 Å². The smallest absolute Gasteiger partial charge is 0.137 e. The first-order chi connectivity index (χ1) is 45.6. The average molecular weight is 1200 g/mol. The van der Waals surface area contributed by atoms with Crippen molar-refractivity contribution in [1.29, 1.82) is 0 Å². The van der Waals surface area contributed by atoms with Crippen LogP contribution in [-0.4, -0.2) is 16.2 Å². The van der Waals surface area contributed by atoms with Crippen molar-refractivity contribution >= 4 is 44.6 Å². The molecule has 0 N–H and O–H groups in total. The van der Waals surface area contributed by atoms with Crippen molar-refractivity contribution in [2.24, 2.45) is 0 Å². The maximum absolute atomic E-state index is 8.84. The molecular formula is C86H74N4O2. The summed E-state index contributed by atoms with van der Waals surface area (Å²) >= 11 is 0. The monoisotopic (exact) mass is 1200 g/mol. The second kappa shape index (κ2) is 21.1. The van der Waals surface area contributed by atoms with Gasteiger partial charge in [-0.3, -0.25) is 4.57 Å². The Morgan fingerprint density at radius 1 is 0.424 bits per heavy atom. The Hall–Kier alpha value is -10.4. The Balaban J connectivity index is 0.819. The van der Waals surface area contributed by atoms with E-state index in [1.807, 2.05) is 42.5 Å². The summed E-state index contributed by atoms with van der Waals surface area (Å²) in [4.78, 5) is 9.99. The molecule has 3 aliphatic rings. The number of para-hydroxylation sites is 6. The minimum atomic E-state index is -2.41. The maximum Gasteiger partial charge on any atom is 0.137 e. The van der Waals surface area contributed by atoms with Gasteiger partial charge in [-0.15, -0.1) is 0 Å². The van der Waals surface area contributed by atoms with Crippen LogP contribution in [-0.2, 0) is 21.7 Å². The molecule has 0 saturated carbocycles. The first-order valence-electron chi connectivity index (χ1n) is 33.6. The summed E-state index contributed by atoms with van der Waals surface area (Å²) in [6.07, 6.45) is 1.72. The van der Waals surface area contributed by atoms with Crippen LogP contribution < -0.4 is 19.3 Å². The fourth-order valence-corrected chi connectivity index (χ4v) is 14.7. The lowest BCUT2D eigenvalue weighted by Crippen LogP contribution is -2.32. The summed E-state index contributed by atoms with van der Waals surface area (Å²) < 4.78 is 42.3. The van der Waals surface area contributed by atoms with Crippen molar-refractivity contribution in [3.05, 3.63) is 299 Å². The van der Waals surface area contributed by atoms with Gasteiger partial charge >= 0.3 is 0 Å². The molecule has 0 radical (unpaired) electrons. The summed E-state index contributed by atoms with van der Waals surface area (Å²) in [7, 11) is 0. The van der Waals surface area contributed by atoms with Gasteiger partial charge in [0.15, 0.2) is 0 Å². The van der Waals surface area contributed by atoms with Gasteiger partial charge in [0.25, 0.3) is 0 Å². The lowest BCUT2D eigenvalue weighted by Gasteiger charge is -2.39. The van der Waals surface area contributed by atoms with Crippen molar-refractivity contribution < 1.29 is 13.6 Å². The highest BCUT2D eigenvalue weighted by atomic mass is 16.5. The van der Waals surface area contributed by atoms with Gasteiger partial charge in [0.2, 0.25) is 0 Å². The molecule has 1 aliphatic carbocycles. The first kappa shape index (κ1) is 53.4. The summed E-state index contributed by atoms with van der Waals surface area (Å²) in [6.45, 7) is 18.5. The third-order valence-electron chi connectivity index (χ3n) is 19.4. The standard InChI is InChI=1S/C86H74N4O2/c1-54-44-81(87-52-70(54)55-24-21-25-58(45-55)83(2,3)4)90-75-35-16-12-29-68(75)69-43-41-63(51-78(69)90)91-62-27-22-26-61(50-62)88-53-89(77-37-18-17-36-76(77)88)82-64(30-23-31-65(82)57-46-59(84(5,6)7)49-60(47-57)85(8,9)10)56-40-42-67-66-28-11-13-32-71(66)86(74(67)48-56)72-33-14-19-38-79(72)92-80-39-20-15-34-73(80)86/h11-52H,53H2,1-10H3/i1D3. The van der Waals surface area contributed by atoms with Crippen molar-refractivity contribution in [1.82, 2.24) is 9.55 Å². The molecule has 2 aromatic heterocycles. The van der Waals surface area contributed by atoms with Crippen molar-refractivity contribution in [2.45, 2.75) is 90.8 Å². The quantitative estimate of drug-likeness (QED) is 0.152. The highest BCUT2D eigenvalue weighted by molar-refractivity contribution is 6.09. The van der Waals surface area contributed by atoms with E-state index in [-0.39, 0.29) is 21.8 Å². The average Bonchev–Trinajstić information content (AvgIpc) is 1.55. The third-order valence-corrected chi connectivity index (χ3v) is 19.4. The van der Waals surface area contributed by atoms with Crippen molar-refractivity contribution in [3.8, 4) is 73.3 Å². The topological polar surface area (TPSA) is 42.8 Å². The van der Waals surface area contributed by atoms with Gasteiger partial charge in [-0.1, -0.05) is 232 Å². The largest absolute Gasteiger partial charge is 0.457 e. The zero-order chi connectivity index (χ0) is 65.5. The van der Waals surface area contributed by atoms with Crippen LogP contribution in [0.4, 0.5) is 22.7 Å². The zero-order valence-electron chi connectivity index (χ0n) is 56.6. The van der Waals surface area contributed by atoms with E-state index in [4.69, 9.17) is 18.6 Å². The molecule has 92 heavy (non-hydrogen) atoms. The fraction of sp³-hybridized carbons (Fsp3) is 0.174. The number of benzene rings is 11. The Morgan fingerprint density at radius 3 is 1.73 bits per heavy atom. The number of ether oxygens (including phenoxy) is 2. The molecule has 6 nitrogen and oxygen atoms in total. The summed E-state index contributed by atoms with van der Waals surface area (Å²) in [5.41, 5.74) is 22.1. The molecule has 6 heteroatoms. The van der Waals surface area contributed by atoms with Gasteiger partial charge in [-0.05, 0) is 151 Å². The highest BCUT2D eigenvalue weighted by Crippen LogP contribution is 2.63.